The molecular formula is C25H21N3O4. The van der Waals surface area contributed by atoms with Gasteiger partial charge in [-0.2, -0.15) is 0 Å². The SMILES string of the molecule is O=C(O)C(=Cc1ccco1)Nc1ncc(-c2ccc(CO)cc2)nc1Cc1ccccc1. The second kappa shape index (κ2) is 9.72. The zero-order valence-corrected chi connectivity index (χ0v) is 17.1. The van der Waals surface area contributed by atoms with E-state index in [0.29, 0.717) is 29.4 Å². The Labute approximate surface area is 184 Å². The Bertz CT molecular complexity index is 1220. The molecule has 32 heavy (non-hydrogen) atoms. The first-order chi connectivity index (χ1) is 15.6. The maximum Gasteiger partial charge on any atom is 0.352 e. The molecule has 7 nitrogen and oxygen atoms in total. The summed E-state index contributed by atoms with van der Waals surface area (Å²) in [5.74, 6) is -0.379. The largest absolute Gasteiger partial charge is 0.477 e. The number of rotatable bonds is 8. The van der Waals surface area contributed by atoms with Crippen LogP contribution in [-0.4, -0.2) is 26.2 Å². The van der Waals surface area contributed by atoms with Crippen molar-refractivity contribution in [2.45, 2.75) is 13.0 Å². The summed E-state index contributed by atoms with van der Waals surface area (Å²) in [5, 5.41) is 21.8. The minimum atomic E-state index is -1.14. The summed E-state index contributed by atoms with van der Waals surface area (Å²) in [6, 6.07) is 20.5. The van der Waals surface area contributed by atoms with Crippen LogP contribution in [0.2, 0.25) is 0 Å². The van der Waals surface area contributed by atoms with Crippen LogP contribution in [0.1, 0.15) is 22.6 Å². The van der Waals surface area contributed by atoms with Gasteiger partial charge in [-0.25, -0.2) is 14.8 Å². The third kappa shape index (κ3) is 5.08. The summed E-state index contributed by atoms with van der Waals surface area (Å²) in [7, 11) is 0. The molecule has 0 saturated heterocycles. The number of aliphatic hydroxyl groups excluding tert-OH is 1. The lowest BCUT2D eigenvalue weighted by atomic mass is 10.1. The van der Waals surface area contributed by atoms with E-state index in [-0.39, 0.29) is 12.3 Å². The van der Waals surface area contributed by atoms with Crippen LogP contribution in [0.15, 0.2) is 89.3 Å². The van der Waals surface area contributed by atoms with Gasteiger partial charge < -0.3 is 19.9 Å². The molecule has 0 bridgehead atoms. The molecule has 0 unspecified atom stereocenters. The van der Waals surface area contributed by atoms with Crippen LogP contribution in [0.3, 0.4) is 0 Å². The predicted molar refractivity (Wildman–Crippen MR) is 121 cm³/mol. The van der Waals surface area contributed by atoms with Crippen molar-refractivity contribution >= 4 is 17.9 Å². The number of nitrogens with zero attached hydrogens (tertiary/aromatic N) is 2. The van der Waals surface area contributed by atoms with Crippen LogP contribution >= 0.6 is 0 Å². The van der Waals surface area contributed by atoms with Gasteiger partial charge in [-0.15, -0.1) is 0 Å². The van der Waals surface area contributed by atoms with Gasteiger partial charge in [0.1, 0.15) is 11.5 Å². The summed E-state index contributed by atoms with van der Waals surface area (Å²) in [4.78, 5) is 21.1. The first kappa shape index (κ1) is 21.0. The molecule has 0 aliphatic carbocycles. The Balaban J connectivity index is 1.72. The molecule has 0 aliphatic rings. The second-order valence-corrected chi connectivity index (χ2v) is 7.07. The second-order valence-electron chi connectivity index (χ2n) is 7.07. The molecule has 2 aromatic heterocycles. The van der Waals surface area contributed by atoms with E-state index in [1.807, 2.05) is 54.6 Å². The molecule has 2 aromatic carbocycles. The zero-order valence-electron chi connectivity index (χ0n) is 17.1. The molecule has 4 rings (SSSR count). The summed E-state index contributed by atoms with van der Waals surface area (Å²) < 4.78 is 5.24. The van der Waals surface area contributed by atoms with Gasteiger partial charge in [0.05, 0.1) is 30.5 Å². The van der Waals surface area contributed by atoms with Crippen molar-refractivity contribution in [3.63, 3.8) is 0 Å². The molecule has 160 valence electrons. The number of anilines is 1. The highest BCUT2D eigenvalue weighted by molar-refractivity contribution is 5.95. The van der Waals surface area contributed by atoms with Crippen molar-refractivity contribution in [3.8, 4) is 11.3 Å². The molecule has 0 radical (unpaired) electrons. The molecule has 2 heterocycles. The summed E-state index contributed by atoms with van der Waals surface area (Å²) >= 11 is 0. The minimum absolute atomic E-state index is 0.0337. The molecule has 4 aromatic rings. The van der Waals surface area contributed by atoms with Crippen molar-refractivity contribution in [1.29, 1.82) is 0 Å². The van der Waals surface area contributed by atoms with Crippen LogP contribution in [0, 0.1) is 0 Å². The van der Waals surface area contributed by atoms with E-state index in [2.05, 4.69) is 10.3 Å². The number of hydrogen-bond donors (Lipinski definition) is 3. The Morgan fingerprint density at radius 2 is 1.78 bits per heavy atom. The molecule has 3 N–H and O–H groups in total. The third-order valence-corrected chi connectivity index (χ3v) is 4.80. The maximum atomic E-state index is 11.8. The van der Waals surface area contributed by atoms with Gasteiger partial charge in [-0.1, -0.05) is 54.6 Å². The minimum Gasteiger partial charge on any atom is -0.477 e. The average molecular weight is 427 g/mol. The average Bonchev–Trinajstić information content (AvgIpc) is 3.33. The summed E-state index contributed by atoms with van der Waals surface area (Å²) in [5.41, 5.74) is 3.84. The number of nitrogens with one attached hydrogen (secondary N) is 1. The number of benzene rings is 2. The normalized spacial score (nSPS) is 11.3. The molecule has 0 aliphatic heterocycles. The molecule has 0 amide bonds. The molecular weight excluding hydrogens is 406 g/mol. The number of hydrogen-bond acceptors (Lipinski definition) is 6. The fourth-order valence-corrected chi connectivity index (χ4v) is 3.16. The summed E-state index contributed by atoms with van der Waals surface area (Å²) in [6.07, 6.45) is 4.93. The number of carboxylic acid groups (broad SMARTS) is 1. The lowest BCUT2D eigenvalue weighted by Crippen LogP contribution is -2.14. The zero-order chi connectivity index (χ0) is 22.3. The lowest BCUT2D eigenvalue weighted by molar-refractivity contribution is -0.132. The Morgan fingerprint density at radius 1 is 1.00 bits per heavy atom. The monoisotopic (exact) mass is 427 g/mol. The first-order valence-electron chi connectivity index (χ1n) is 9.98. The van der Waals surface area contributed by atoms with E-state index < -0.39 is 5.97 Å². The van der Waals surface area contributed by atoms with Gasteiger partial charge in [0.2, 0.25) is 0 Å². The van der Waals surface area contributed by atoms with Gasteiger partial charge in [0.15, 0.2) is 5.82 Å². The molecule has 0 fully saturated rings. The topological polar surface area (TPSA) is 108 Å². The van der Waals surface area contributed by atoms with Crippen molar-refractivity contribution in [2.24, 2.45) is 0 Å². The number of furan rings is 1. The predicted octanol–water partition coefficient (Wildman–Crippen LogP) is 4.36. The van der Waals surface area contributed by atoms with Crippen molar-refractivity contribution < 1.29 is 19.4 Å². The highest BCUT2D eigenvalue weighted by Crippen LogP contribution is 2.23. The number of aliphatic hydroxyl groups is 1. The maximum absolute atomic E-state index is 11.8. The van der Waals surface area contributed by atoms with E-state index in [1.165, 1.54) is 12.3 Å². The van der Waals surface area contributed by atoms with Gasteiger partial charge >= 0.3 is 5.97 Å². The van der Waals surface area contributed by atoms with E-state index in [9.17, 15) is 15.0 Å². The number of carboxylic acids is 1. The highest BCUT2D eigenvalue weighted by atomic mass is 16.4. The quantitative estimate of drug-likeness (QED) is 0.359. The summed E-state index contributed by atoms with van der Waals surface area (Å²) in [6.45, 7) is -0.0337. The van der Waals surface area contributed by atoms with E-state index in [1.54, 1.807) is 18.3 Å². The Morgan fingerprint density at radius 3 is 2.44 bits per heavy atom. The fraction of sp³-hybridized carbons (Fsp3) is 0.0800. The van der Waals surface area contributed by atoms with Gasteiger partial charge in [-0.3, -0.25) is 0 Å². The van der Waals surface area contributed by atoms with Gasteiger partial charge in [0.25, 0.3) is 0 Å². The third-order valence-electron chi connectivity index (χ3n) is 4.80. The van der Waals surface area contributed by atoms with Crippen molar-refractivity contribution in [1.82, 2.24) is 9.97 Å². The molecule has 7 heteroatoms. The Hall–Kier alpha value is -4.23. The standard InChI is InChI=1S/C25H21N3O4/c29-16-18-8-10-19(11-9-18)23-15-26-24(21(27-23)13-17-5-2-1-3-6-17)28-22(25(30)31)14-20-7-4-12-32-20/h1-12,14-15,29H,13,16H2,(H,26,28)(H,30,31). The van der Waals surface area contributed by atoms with Crippen molar-refractivity contribution in [2.75, 3.05) is 5.32 Å². The highest BCUT2D eigenvalue weighted by Gasteiger charge is 2.15. The smallest absolute Gasteiger partial charge is 0.352 e. The van der Waals surface area contributed by atoms with Crippen molar-refractivity contribution in [3.05, 3.63) is 107 Å². The van der Waals surface area contributed by atoms with Crippen LogP contribution in [0.4, 0.5) is 5.82 Å². The van der Waals surface area contributed by atoms with Gasteiger partial charge in [-0.05, 0) is 23.3 Å². The molecule has 0 spiro atoms. The van der Waals surface area contributed by atoms with E-state index >= 15 is 0 Å². The fourth-order valence-electron chi connectivity index (χ4n) is 3.16. The molecule has 0 saturated carbocycles. The van der Waals surface area contributed by atoms with Crippen LogP contribution < -0.4 is 5.32 Å². The number of aromatic nitrogens is 2. The first-order valence-corrected chi connectivity index (χ1v) is 9.98. The van der Waals surface area contributed by atoms with E-state index in [0.717, 1.165) is 16.7 Å². The van der Waals surface area contributed by atoms with Crippen LogP contribution in [0.5, 0.6) is 0 Å². The number of aliphatic carboxylic acids is 1. The lowest BCUT2D eigenvalue weighted by Gasteiger charge is -2.13. The Kier molecular flexibility index (Phi) is 6.38. The van der Waals surface area contributed by atoms with Crippen LogP contribution in [0.25, 0.3) is 17.3 Å². The van der Waals surface area contributed by atoms with Gasteiger partial charge in [0, 0.05) is 18.1 Å². The number of carbonyl (C=O) groups is 1. The van der Waals surface area contributed by atoms with E-state index in [4.69, 9.17) is 9.40 Å². The van der Waals surface area contributed by atoms with Crippen LogP contribution in [-0.2, 0) is 17.8 Å². The molecule has 0 atom stereocenters.